The van der Waals surface area contributed by atoms with Crippen LogP contribution in [0, 0.1) is 17.8 Å². The topological polar surface area (TPSA) is 30.5 Å². The fourth-order valence-electron chi connectivity index (χ4n) is 3.67. The predicted octanol–water partition coefficient (Wildman–Crippen LogP) is 2.60. The molecule has 4 unspecified atom stereocenters. The summed E-state index contributed by atoms with van der Waals surface area (Å²) in [5.41, 5.74) is 0.0703. The SMILES string of the molecule is CC(CNC1CC1)C(C)C1CCOC2(CCOC2)C1. The average Bonchev–Trinajstić information content (AvgIpc) is 3.16. The van der Waals surface area contributed by atoms with E-state index in [1.165, 1.54) is 32.2 Å². The van der Waals surface area contributed by atoms with Gasteiger partial charge in [-0.1, -0.05) is 13.8 Å². The van der Waals surface area contributed by atoms with Crippen LogP contribution in [-0.2, 0) is 9.47 Å². The van der Waals surface area contributed by atoms with Gasteiger partial charge >= 0.3 is 0 Å². The molecule has 4 atom stereocenters. The molecule has 3 aliphatic rings. The minimum Gasteiger partial charge on any atom is -0.378 e. The van der Waals surface area contributed by atoms with Gasteiger partial charge in [0, 0.05) is 25.7 Å². The third-order valence-electron chi connectivity index (χ3n) is 5.55. The van der Waals surface area contributed by atoms with E-state index in [-0.39, 0.29) is 5.60 Å². The number of hydrogen-bond donors (Lipinski definition) is 1. The Labute approximate surface area is 117 Å². The first-order valence-electron chi connectivity index (χ1n) is 8.14. The summed E-state index contributed by atoms with van der Waals surface area (Å²) in [7, 11) is 0. The fourth-order valence-corrected chi connectivity index (χ4v) is 3.67. The van der Waals surface area contributed by atoms with Crippen LogP contribution in [0.15, 0.2) is 0 Å². The Balaban J connectivity index is 1.51. The zero-order chi connectivity index (χ0) is 13.3. The number of nitrogens with one attached hydrogen (secondary N) is 1. The van der Waals surface area contributed by atoms with Crippen LogP contribution in [0.1, 0.15) is 46.0 Å². The summed E-state index contributed by atoms with van der Waals surface area (Å²) in [5.74, 6) is 2.36. The van der Waals surface area contributed by atoms with Crippen LogP contribution in [0.2, 0.25) is 0 Å². The van der Waals surface area contributed by atoms with E-state index in [1.54, 1.807) is 0 Å². The monoisotopic (exact) mass is 267 g/mol. The third kappa shape index (κ3) is 3.32. The van der Waals surface area contributed by atoms with E-state index in [9.17, 15) is 0 Å². The standard InChI is InChI=1S/C16H29NO2/c1-12(10-17-15-3-4-15)13(2)14-5-7-19-16(9-14)6-8-18-11-16/h12-15,17H,3-11H2,1-2H3. The first-order valence-corrected chi connectivity index (χ1v) is 8.14. The van der Waals surface area contributed by atoms with Gasteiger partial charge in [-0.25, -0.2) is 0 Å². The number of ether oxygens (including phenoxy) is 2. The van der Waals surface area contributed by atoms with Gasteiger partial charge in [-0.05, 0) is 50.0 Å². The lowest BCUT2D eigenvalue weighted by Gasteiger charge is -2.41. The van der Waals surface area contributed by atoms with Crippen LogP contribution in [0.5, 0.6) is 0 Å². The average molecular weight is 267 g/mol. The summed E-state index contributed by atoms with van der Waals surface area (Å²) >= 11 is 0. The molecule has 0 bridgehead atoms. The molecule has 1 spiro atoms. The summed E-state index contributed by atoms with van der Waals surface area (Å²) in [6, 6.07) is 0.832. The van der Waals surface area contributed by atoms with Gasteiger partial charge in [0.1, 0.15) is 0 Å². The Bertz CT molecular complexity index is 297. The lowest BCUT2D eigenvalue weighted by atomic mass is 9.74. The Morgan fingerprint density at radius 2 is 2.05 bits per heavy atom. The van der Waals surface area contributed by atoms with Crippen molar-refractivity contribution in [3.05, 3.63) is 0 Å². The molecule has 0 radical (unpaired) electrons. The first kappa shape index (κ1) is 13.8. The molecule has 0 amide bonds. The molecule has 3 nitrogen and oxygen atoms in total. The van der Waals surface area contributed by atoms with E-state index in [1.807, 2.05) is 0 Å². The fraction of sp³-hybridized carbons (Fsp3) is 1.00. The highest BCUT2D eigenvalue weighted by Crippen LogP contribution is 2.40. The second kappa shape index (κ2) is 5.71. The van der Waals surface area contributed by atoms with E-state index in [0.717, 1.165) is 50.0 Å². The smallest absolute Gasteiger partial charge is 0.0939 e. The molecule has 0 aromatic carbocycles. The van der Waals surface area contributed by atoms with Crippen LogP contribution in [0.3, 0.4) is 0 Å². The molecule has 3 rings (SSSR count). The Kier molecular flexibility index (Phi) is 4.16. The molecule has 3 heteroatoms. The summed E-state index contributed by atoms with van der Waals surface area (Å²) < 4.78 is 11.6. The molecule has 2 saturated heterocycles. The molecule has 1 aliphatic carbocycles. The van der Waals surface area contributed by atoms with Crippen molar-refractivity contribution in [1.82, 2.24) is 5.32 Å². The van der Waals surface area contributed by atoms with Gasteiger partial charge in [-0.15, -0.1) is 0 Å². The van der Waals surface area contributed by atoms with Gasteiger partial charge in [0.25, 0.3) is 0 Å². The van der Waals surface area contributed by atoms with E-state index in [0.29, 0.717) is 0 Å². The zero-order valence-electron chi connectivity index (χ0n) is 12.5. The normalized spacial score (nSPS) is 38.5. The number of rotatable bonds is 5. The lowest BCUT2D eigenvalue weighted by Crippen LogP contribution is -2.43. The van der Waals surface area contributed by atoms with Crippen molar-refractivity contribution in [2.75, 3.05) is 26.4 Å². The van der Waals surface area contributed by atoms with Gasteiger partial charge in [0.2, 0.25) is 0 Å². The summed E-state index contributed by atoms with van der Waals surface area (Å²) in [6.07, 6.45) is 6.32. The van der Waals surface area contributed by atoms with Crippen LogP contribution in [-0.4, -0.2) is 38.0 Å². The molecule has 2 aliphatic heterocycles. The molecule has 1 N–H and O–H groups in total. The second-order valence-corrected chi connectivity index (χ2v) is 7.11. The molecule has 0 aromatic heterocycles. The van der Waals surface area contributed by atoms with Crippen molar-refractivity contribution < 1.29 is 9.47 Å². The quantitative estimate of drug-likeness (QED) is 0.830. The van der Waals surface area contributed by atoms with Crippen molar-refractivity contribution >= 4 is 0 Å². The van der Waals surface area contributed by atoms with Gasteiger partial charge in [-0.3, -0.25) is 0 Å². The molecular weight excluding hydrogens is 238 g/mol. The van der Waals surface area contributed by atoms with E-state index in [2.05, 4.69) is 19.2 Å². The molecule has 0 aromatic rings. The molecular formula is C16H29NO2. The predicted molar refractivity (Wildman–Crippen MR) is 76.2 cm³/mol. The third-order valence-corrected chi connectivity index (χ3v) is 5.55. The minimum atomic E-state index is 0.0703. The van der Waals surface area contributed by atoms with Gasteiger partial charge in [-0.2, -0.15) is 0 Å². The highest BCUT2D eigenvalue weighted by atomic mass is 16.6. The van der Waals surface area contributed by atoms with Gasteiger partial charge in [0.05, 0.1) is 12.2 Å². The molecule has 19 heavy (non-hydrogen) atoms. The second-order valence-electron chi connectivity index (χ2n) is 7.11. The lowest BCUT2D eigenvalue weighted by molar-refractivity contribution is -0.108. The largest absolute Gasteiger partial charge is 0.378 e. The van der Waals surface area contributed by atoms with Crippen molar-refractivity contribution in [2.24, 2.45) is 17.8 Å². The molecule has 1 saturated carbocycles. The van der Waals surface area contributed by atoms with Crippen molar-refractivity contribution in [2.45, 2.75) is 57.6 Å². The van der Waals surface area contributed by atoms with Crippen molar-refractivity contribution in [3.63, 3.8) is 0 Å². The van der Waals surface area contributed by atoms with Gasteiger partial charge < -0.3 is 14.8 Å². The van der Waals surface area contributed by atoms with E-state index >= 15 is 0 Å². The Morgan fingerprint density at radius 3 is 2.74 bits per heavy atom. The molecule has 2 heterocycles. The van der Waals surface area contributed by atoms with Crippen molar-refractivity contribution in [3.8, 4) is 0 Å². The maximum atomic E-state index is 6.05. The zero-order valence-corrected chi connectivity index (χ0v) is 12.5. The maximum Gasteiger partial charge on any atom is 0.0939 e. The first-order chi connectivity index (χ1) is 9.19. The van der Waals surface area contributed by atoms with Crippen LogP contribution in [0.4, 0.5) is 0 Å². The minimum absolute atomic E-state index is 0.0703. The van der Waals surface area contributed by atoms with E-state index < -0.39 is 0 Å². The molecule has 110 valence electrons. The molecule has 3 fully saturated rings. The Morgan fingerprint density at radius 1 is 1.21 bits per heavy atom. The highest BCUT2D eigenvalue weighted by molar-refractivity contribution is 4.92. The number of hydrogen-bond acceptors (Lipinski definition) is 3. The summed E-state index contributed by atoms with van der Waals surface area (Å²) in [5, 5.41) is 3.68. The van der Waals surface area contributed by atoms with E-state index in [4.69, 9.17) is 9.47 Å². The van der Waals surface area contributed by atoms with Crippen LogP contribution in [0.25, 0.3) is 0 Å². The summed E-state index contributed by atoms with van der Waals surface area (Å²) in [4.78, 5) is 0. The Hall–Kier alpha value is -0.120. The van der Waals surface area contributed by atoms with Gasteiger partial charge in [0.15, 0.2) is 0 Å². The highest BCUT2D eigenvalue weighted by Gasteiger charge is 2.42. The summed E-state index contributed by atoms with van der Waals surface area (Å²) in [6.45, 7) is 8.69. The van der Waals surface area contributed by atoms with Crippen molar-refractivity contribution in [1.29, 1.82) is 0 Å². The van der Waals surface area contributed by atoms with Crippen LogP contribution >= 0.6 is 0 Å². The maximum absolute atomic E-state index is 6.05. The van der Waals surface area contributed by atoms with Crippen LogP contribution < -0.4 is 5.32 Å².